The number of anilines is 1. The number of benzene rings is 3. The van der Waals surface area contributed by atoms with E-state index in [-0.39, 0.29) is 11.6 Å². The Morgan fingerprint density at radius 2 is 1.83 bits per heavy atom. The van der Waals surface area contributed by atoms with E-state index in [2.05, 4.69) is 20.5 Å². The van der Waals surface area contributed by atoms with E-state index in [0.717, 1.165) is 5.56 Å². The van der Waals surface area contributed by atoms with Crippen molar-refractivity contribution in [3.8, 4) is 17.2 Å². The zero-order valence-electron chi connectivity index (χ0n) is 18.9. The van der Waals surface area contributed by atoms with Gasteiger partial charge in [-0.15, -0.1) is 0 Å². The molecule has 0 atom stereocenters. The Hall–Kier alpha value is -4.69. The van der Waals surface area contributed by atoms with Crippen LogP contribution >= 0.6 is 11.6 Å². The third kappa shape index (κ3) is 5.03. The van der Waals surface area contributed by atoms with Crippen LogP contribution in [-0.2, 0) is 6.61 Å². The minimum Gasteiger partial charge on any atom is -0.507 e. The fourth-order valence-corrected chi connectivity index (χ4v) is 3.67. The van der Waals surface area contributed by atoms with Gasteiger partial charge in [-0.1, -0.05) is 41.9 Å². The van der Waals surface area contributed by atoms with E-state index in [1.807, 2.05) is 42.5 Å². The predicted molar refractivity (Wildman–Crippen MR) is 140 cm³/mol. The maximum Gasteiger partial charge on any atom is 0.301 e. The third-order valence-electron chi connectivity index (χ3n) is 5.32. The average Bonchev–Trinajstić information content (AvgIpc) is 2.90. The molecule has 178 valence electrons. The van der Waals surface area contributed by atoms with E-state index < -0.39 is 5.56 Å². The second-order valence-electron chi connectivity index (χ2n) is 7.79. The first-order chi connectivity index (χ1) is 17.6. The summed E-state index contributed by atoms with van der Waals surface area (Å²) in [7, 11) is 0. The smallest absolute Gasteiger partial charge is 0.301 e. The summed E-state index contributed by atoms with van der Waals surface area (Å²) in [6.07, 6.45) is 3.01. The molecule has 0 unspecified atom stereocenters. The highest BCUT2D eigenvalue weighted by Gasteiger charge is 2.13. The molecule has 0 spiro atoms. The van der Waals surface area contributed by atoms with E-state index in [1.165, 1.54) is 16.8 Å². The molecule has 2 aromatic heterocycles. The molecule has 0 fully saturated rings. The van der Waals surface area contributed by atoms with Crippen molar-refractivity contribution < 1.29 is 9.84 Å². The molecule has 8 nitrogen and oxygen atoms in total. The van der Waals surface area contributed by atoms with Crippen LogP contribution in [0.3, 0.4) is 0 Å². The van der Waals surface area contributed by atoms with Crippen molar-refractivity contribution in [1.82, 2.24) is 14.5 Å². The average molecular weight is 498 g/mol. The number of ether oxygens (including phenoxy) is 1. The van der Waals surface area contributed by atoms with E-state index >= 15 is 0 Å². The topological polar surface area (TPSA) is 102 Å². The van der Waals surface area contributed by atoms with Gasteiger partial charge in [-0.05, 0) is 54.1 Å². The Morgan fingerprint density at radius 1 is 1.03 bits per heavy atom. The summed E-state index contributed by atoms with van der Waals surface area (Å²) in [5.74, 6) is 0.506. The quantitative estimate of drug-likeness (QED) is 0.238. The van der Waals surface area contributed by atoms with Crippen molar-refractivity contribution in [2.45, 2.75) is 6.61 Å². The highest BCUT2D eigenvalue weighted by Crippen LogP contribution is 2.23. The van der Waals surface area contributed by atoms with Gasteiger partial charge in [-0.2, -0.15) is 5.10 Å². The van der Waals surface area contributed by atoms with Gasteiger partial charge in [0.1, 0.15) is 23.6 Å². The van der Waals surface area contributed by atoms with Gasteiger partial charge in [-0.3, -0.25) is 14.8 Å². The fourth-order valence-electron chi connectivity index (χ4n) is 3.54. The SMILES string of the molecule is O=c1c(N/N=C/c2ccc(OCc3ccc(Cl)cc3)cc2O)nc2cccnc2n1-c1ccccc1. The molecule has 36 heavy (non-hydrogen) atoms. The number of para-hydroxylation sites is 1. The molecule has 0 saturated heterocycles. The molecule has 0 radical (unpaired) electrons. The van der Waals surface area contributed by atoms with Crippen LogP contribution in [0.25, 0.3) is 16.9 Å². The van der Waals surface area contributed by atoms with Crippen LogP contribution in [-0.4, -0.2) is 25.9 Å². The molecule has 0 amide bonds. The number of aromatic hydroxyl groups is 1. The van der Waals surface area contributed by atoms with Crippen molar-refractivity contribution in [1.29, 1.82) is 0 Å². The summed E-state index contributed by atoms with van der Waals surface area (Å²) >= 11 is 5.90. The first kappa shape index (κ1) is 23.1. The monoisotopic (exact) mass is 497 g/mol. The van der Waals surface area contributed by atoms with Gasteiger partial charge >= 0.3 is 5.56 Å². The van der Waals surface area contributed by atoms with Gasteiger partial charge < -0.3 is 9.84 Å². The molecule has 5 rings (SSSR count). The second-order valence-corrected chi connectivity index (χ2v) is 8.22. The van der Waals surface area contributed by atoms with Gasteiger partial charge in [0.15, 0.2) is 5.65 Å². The van der Waals surface area contributed by atoms with Gasteiger partial charge in [0, 0.05) is 22.8 Å². The molecule has 0 saturated carbocycles. The Bertz CT molecular complexity index is 1600. The predicted octanol–water partition coefficient (Wildman–Crippen LogP) is 5.16. The molecule has 0 aliphatic heterocycles. The van der Waals surface area contributed by atoms with Crippen LogP contribution in [0.15, 0.2) is 101 Å². The Morgan fingerprint density at radius 3 is 2.61 bits per heavy atom. The Labute approximate surface area is 211 Å². The number of halogens is 1. The molecule has 5 aromatic rings. The van der Waals surface area contributed by atoms with Crippen molar-refractivity contribution in [2.24, 2.45) is 5.10 Å². The number of phenols is 1. The standard InChI is InChI=1S/C27H20ClN5O3/c28-20-11-8-18(9-12-20)17-36-22-13-10-19(24(34)15-22)16-30-32-25-27(35)33(21-5-2-1-3-6-21)26-23(31-25)7-4-14-29-26/h1-16,34H,17H2,(H,31,32)/b30-16+. The van der Waals surface area contributed by atoms with E-state index in [1.54, 1.807) is 42.6 Å². The zero-order valence-corrected chi connectivity index (χ0v) is 19.6. The minimum atomic E-state index is -0.403. The first-order valence-corrected chi connectivity index (χ1v) is 11.4. The number of nitrogens with one attached hydrogen (secondary N) is 1. The van der Waals surface area contributed by atoms with Crippen LogP contribution in [0.4, 0.5) is 5.82 Å². The number of aromatic nitrogens is 3. The Balaban J connectivity index is 1.35. The molecule has 0 bridgehead atoms. The van der Waals surface area contributed by atoms with Crippen molar-refractivity contribution in [3.63, 3.8) is 0 Å². The van der Waals surface area contributed by atoms with Crippen LogP contribution in [0.2, 0.25) is 5.02 Å². The molecular formula is C27H20ClN5O3. The van der Waals surface area contributed by atoms with E-state index in [0.29, 0.717) is 39.8 Å². The highest BCUT2D eigenvalue weighted by atomic mass is 35.5. The maximum atomic E-state index is 13.2. The van der Waals surface area contributed by atoms with Crippen LogP contribution in [0.5, 0.6) is 11.5 Å². The number of hydrogen-bond acceptors (Lipinski definition) is 7. The summed E-state index contributed by atoms with van der Waals surface area (Å²) < 4.78 is 7.21. The molecule has 2 heterocycles. The maximum absolute atomic E-state index is 13.2. The number of nitrogens with zero attached hydrogens (tertiary/aromatic N) is 4. The summed E-state index contributed by atoms with van der Waals surface area (Å²) in [5.41, 5.74) is 5.32. The lowest BCUT2D eigenvalue weighted by atomic mass is 10.2. The molecular weight excluding hydrogens is 478 g/mol. The largest absolute Gasteiger partial charge is 0.507 e. The molecule has 0 aliphatic carbocycles. The van der Waals surface area contributed by atoms with Crippen molar-refractivity contribution >= 4 is 34.8 Å². The van der Waals surface area contributed by atoms with Crippen molar-refractivity contribution in [3.05, 3.63) is 118 Å². The lowest BCUT2D eigenvalue weighted by Gasteiger charge is -2.11. The summed E-state index contributed by atoms with van der Waals surface area (Å²) in [4.78, 5) is 21.9. The van der Waals surface area contributed by atoms with Gasteiger partial charge in [-0.25, -0.2) is 9.97 Å². The zero-order chi connectivity index (χ0) is 24.9. The highest BCUT2D eigenvalue weighted by molar-refractivity contribution is 6.30. The molecule has 0 aliphatic rings. The number of phenolic OH excluding ortho intramolecular Hbond substituents is 1. The Kier molecular flexibility index (Phi) is 6.59. The van der Waals surface area contributed by atoms with Crippen LogP contribution in [0.1, 0.15) is 11.1 Å². The number of hydrazone groups is 1. The van der Waals surface area contributed by atoms with Crippen LogP contribution in [0, 0.1) is 0 Å². The lowest BCUT2D eigenvalue weighted by Crippen LogP contribution is -2.23. The normalized spacial score (nSPS) is 11.1. The first-order valence-electron chi connectivity index (χ1n) is 11.0. The van der Waals surface area contributed by atoms with Crippen LogP contribution < -0.4 is 15.7 Å². The van der Waals surface area contributed by atoms with Gasteiger partial charge in [0.25, 0.3) is 0 Å². The summed E-state index contributed by atoms with van der Waals surface area (Å²) in [6, 6.07) is 24.9. The summed E-state index contributed by atoms with van der Waals surface area (Å²) in [5, 5.41) is 15.2. The number of hydrogen-bond donors (Lipinski definition) is 2. The third-order valence-corrected chi connectivity index (χ3v) is 5.58. The minimum absolute atomic E-state index is 0.0217. The molecule has 2 N–H and O–H groups in total. The van der Waals surface area contributed by atoms with Gasteiger partial charge in [0.05, 0.1) is 11.9 Å². The van der Waals surface area contributed by atoms with Crippen molar-refractivity contribution in [2.75, 3.05) is 5.43 Å². The number of pyridine rings is 1. The van der Waals surface area contributed by atoms with E-state index in [9.17, 15) is 9.90 Å². The number of fused-ring (bicyclic) bond motifs is 1. The number of rotatable bonds is 7. The van der Waals surface area contributed by atoms with E-state index in [4.69, 9.17) is 16.3 Å². The molecule has 9 heteroatoms. The second kappa shape index (κ2) is 10.3. The lowest BCUT2D eigenvalue weighted by molar-refractivity contribution is 0.304. The molecule has 3 aromatic carbocycles. The summed E-state index contributed by atoms with van der Waals surface area (Å²) in [6.45, 7) is 0.335. The van der Waals surface area contributed by atoms with Gasteiger partial charge in [0.2, 0.25) is 5.82 Å². The fraction of sp³-hybridized carbons (Fsp3) is 0.0370.